The Morgan fingerprint density at radius 1 is 0.839 bits per heavy atom. The fourth-order valence-corrected chi connectivity index (χ4v) is 4.65. The zero-order valence-corrected chi connectivity index (χ0v) is 17.6. The molecule has 0 spiro atoms. The van der Waals surface area contributed by atoms with Crippen LogP contribution in [-0.4, -0.2) is 57.3 Å². The number of fused-ring (bicyclic) bond motifs is 2. The van der Waals surface area contributed by atoms with E-state index >= 15 is 0 Å². The number of H-pyrrole nitrogens is 2. The lowest BCUT2D eigenvalue weighted by Crippen LogP contribution is -2.56. The van der Waals surface area contributed by atoms with Gasteiger partial charge in [-0.3, -0.25) is 9.59 Å². The first-order valence-corrected chi connectivity index (χ1v) is 10.8. The second-order valence-electron chi connectivity index (χ2n) is 8.35. The minimum Gasteiger partial charge on any atom is -0.361 e. The quantitative estimate of drug-likeness (QED) is 0.537. The fraction of sp³-hybridized carbons (Fsp3) is 0.280. The third-order valence-electron chi connectivity index (χ3n) is 6.33. The zero-order valence-electron chi connectivity index (χ0n) is 17.6. The Bertz CT molecular complexity index is 1250. The van der Waals surface area contributed by atoms with Crippen molar-refractivity contribution in [3.63, 3.8) is 0 Å². The molecular formula is C25H26N4O2. The lowest BCUT2D eigenvalue weighted by molar-refractivity contribution is -0.141. The van der Waals surface area contributed by atoms with E-state index in [0.717, 1.165) is 32.9 Å². The van der Waals surface area contributed by atoms with Gasteiger partial charge in [0.1, 0.15) is 0 Å². The average molecular weight is 415 g/mol. The topological polar surface area (TPSA) is 72.2 Å². The molecule has 2 N–H and O–H groups in total. The summed E-state index contributed by atoms with van der Waals surface area (Å²) in [6, 6.07) is 16.1. The summed E-state index contributed by atoms with van der Waals surface area (Å²) in [6.07, 6.45) is 4.60. The van der Waals surface area contributed by atoms with Crippen LogP contribution >= 0.6 is 0 Å². The maximum absolute atomic E-state index is 13.0. The molecule has 2 amide bonds. The van der Waals surface area contributed by atoms with Crippen molar-refractivity contribution in [2.24, 2.45) is 0 Å². The molecule has 2 aromatic carbocycles. The van der Waals surface area contributed by atoms with E-state index in [4.69, 9.17) is 0 Å². The Labute approximate surface area is 180 Å². The largest absolute Gasteiger partial charge is 0.361 e. The molecular weight excluding hydrogens is 388 g/mol. The van der Waals surface area contributed by atoms with Crippen molar-refractivity contribution >= 4 is 33.6 Å². The van der Waals surface area contributed by atoms with Crippen LogP contribution in [0.5, 0.6) is 0 Å². The van der Waals surface area contributed by atoms with Gasteiger partial charge in [0.2, 0.25) is 11.8 Å². The van der Waals surface area contributed by atoms with Crippen LogP contribution in [0, 0.1) is 0 Å². The molecule has 1 aliphatic rings. The van der Waals surface area contributed by atoms with Crippen molar-refractivity contribution < 1.29 is 9.59 Å². The number of amides is 2. The summed E-state index contributed by atoms with van der Waals surface area (Å²) < 4.78 is 0. The molecule has 6 heteroatoms. The number of hydrogen-bond donors (Lipinski definition) is 2. The molecule has 2 aromatic heterocycles. The minimum absolute atomic E-state index is 0.00150. The predicted molar refractivity (Wildman–Crippen MR) is 122 cm³/mol. The van der Waals surface area contributed by atoms with Crippen LogP contribution in [0.4, 0.5) is 0 Å². The van der Waals surface area contributed by atoms with Gasteiger partial charge < -0.3 is 19.8 Å². The van der Waals surface area contributed by atoms with Crippen molar-refractivity contribution in [1.82, 2.24) is 19.8 Å². The number of nitrogens with one attached hydrogen (secondary N) is 2. The van der Waals surface area contributed by atoms with Gasteiger partial charge in [0.15, 0.2) is 0 Å². The minimum atomic E-state index is -0.00150. The molecule has 0 unspecified atom stereocenters. The molecule has 1 fully saturated rings. The first kappa shape index (κ1) is 19.4. The van der Waals surface area contributed by atoms with Gasteiger partial charge in [0.25, 0.3) is 0 Å². The Morgan fingerprint density at radius 2 is 1.39 bits per heavy atom. The molecule has 6 nitrogen and oxygen atoms in total. The normalized spacial score (nSPS) is 16.9. The van der Waals surface area contributed by atoms with Crippen molar-refractivity contribution in [2.75, 3.05) is 19.6 Å². The highest BCUT2D eigenvalue weighted by Gasteiger charge is 2.30. The average Bonchev–Trinajstić information content (AvgIpc) is 3.38. The second-order valence-corrected chi connectivity index (χ2v) is 8.35. The number of carbonyl (C=O) groups is 2. The summed E-state index contributed by atoms with van der Waals surface area (Å²) in [7, 11) is 0. The number of aromatic amines is 2. The molecule has 1 saturated heterocycles. The van der Waals surface area contributed by atoms with Gasteiger partial charge in [0.05, 0.1) is 12.8 Å². The number of piperazine rings is 1. The summed E-state index contributed by atoms with van der Waals surface area (Å²) in [5.74, 6) is 0.223. The molecule has 0 aliphatic carbocycles. The lowest BCUT2D eigenvalue weighted by atomic mass is 10.1. The van der Waals surface area contributed by atoms with E-state index in [2.05, 4.69) is 9.97 Å². The van der Waals surface area contributed by atoms with Crippen LogP contribution in [0.25, 0.3) is 21.8 Å². The van der Waals surface area contributed by atoms with E-state index in [9.17, 15) is 9.59 Å². The molecule has 1 atom stereocenters. The van der Waals surface area contributed by atoms with Gasteiger partial charge in [-0.05, 0) is 30.2 Å². The summed E-state index contributed by atoms with van der Waals surface area (Å²) in [5.41, 5.74) is 4.13. The molecule has 0 radical (unpaired) electrons. The number of para-hydroxylation sites is 2. The maximum Gasteiger partial charge on any atom is 0.227 e. The molecule has 158 valence electrons. The third-order valence-corrected chi connectivity index (χ3v) is 6.33. The lowest BCUT2D eigenvalue weighted by Gasteiger charge is -2.40. The number of aromatic nitrogens is 2. The zero-order chi connectivity index (χ0) is 21.4. The highest BCUT2D eigenvalue weighted by Crippen LogP contribution is 2.22. The molecule has 5 rings (SSSR count). The smallest absolute Gasteiger partial charge is 0.227 e. The van der Waals surface area contributed by atoms with Crippen molar-refractivity contribution in [3.05, 3.63) is 72.1 Å². The van der Waals surface area contributed by atoms with Crippen molar-refractivity contribution in [2.45, 2.75) is 25.8 Å². The summed E-state index contributed by atoms with van der Waals surface area (Å²) >= 11 is 0. The monoisotopic (exact) mass is 414 g/mol. The number of rotatable bonds is 4. The van der Waals surface area contributed by atoms with Gasteiger partial charge in [-0.25, -0.2) is 0 Å². The first-order valence-electron chi connectivity index (χ1n) is 10.8. The standard InChI is InChI=1S/C25H26N4O2/c1-17-16-28(24(30)12-18-14-26-22-8-4-2-6-20(18)22)10-11-29(17)25(31)13-19-15-27-23-9-5-3-7-21(19)23/h2-9,14-15,17,26-27H,10-13,16H2,1H3/t17-/m0/s1. The van der Waals surface area contributed by atoms with Gasteiger partial charge in [-0.15, -0.1) is 0 Å². The van der Waals surface area contributed by atoms with E-state index in [1.165, 1.54) is 0 Å². The van der Waals surface area contributed by atoms with Gasteiger partial charge in [0, 0.05) is 59.9 Å². The van der Waals surface area contributed by atoms with Gasteiger partial charge in [-0.2, -0.15) is 0 Å². The highest BCUT2D eigenvalue weighted by molar-refractivity contribution is 5.90. The molecule has 0 bridgehead atoms. The summed E-state index contributed by atoms with van der Waals surface area (Å²) in [5, 5.41) is 2.19. The second kappa shape index (κ2) is 7.95. The predicted octanol–water partition coefficient (Wildman–Crippen LogP) is 3.49. The Morgan fingerprint density at radius 3 is 1.97 bits per heavy atom. The van der Waals surface area contributed by atoms with Crippen LogP contribution in [-0.2, 0) is 22.4 Å². The van der Waals surface area contributed by atoms with Crippen LogP contribution in [0.2, 0.25) is 0 Å². The van der Waals surface area contributed by atoms with Gasteiger partial charge >= 0.3 is 0 Å². The van der Waals surface area contributed by atoms with E-state index in [-0.39, 0.29) is 17.9 Å². The van der Waals surface area contributed by atoms with Crippen LogP contribution in [0.1, 0.15) is 18.1 Å². The van der Waals surface area contributed by atoms with Crippen LogP contribution < -0.4 is 0 Å². The Kier molecular flexibility index (Phi) is 4.98. The Hall–Kier alpha value is -3.54. The Balaban J connectivity index is 1.22. The number of hydrogen-bond acceptors (Lipinski definition) is 2. The van der Waals surface area contributed by atoms with Crippen molar-refractivity contribution in [1.29, 1.82) is 0 Å². The molecule has 1 aliphatic heterocycles. The van der Waals surface area contributed by atoms with Crippen molar-refractivity contribution in [3.8, 4) is 0 Å². The van der Waals surface area contributed by atoms with Crippen LogP contribution in [0.15, 0.2) is 60.9 Å². The molecule has 4 aromatic rings. The first-order chi connectivity index (χ1) is 15.1. The van der Waals surface area contributed by atoms with E-state index in [0.29, 0.717) is 32.5 Å². The maximum atomic E-state index is 13.0. The van der Waals surface area contributed by atoms with Crippen LogP contribution in [0.3, 0.4) is 0 Å². The third kappa shape index (κ3) is 3.69. The van der Waals surface area contributed by atoms with E-state index in [1.54, 1.807) is 0 Å². The van der Waals surface area contributed by atoms with E-state index in [1.807, 2.05) is 77.6 Å². The number of benzene rings is 2. The van der Waals surface area contributed by atoms with Gasteiger partial charge in [-0.1, -0.05) is 36.4 Å². The highest BCUT2D eigenvalue weighted by atomic mass is 16.2. The summed E-state index contributed by atoms with van der Waals surface area (Å²) in [4.78, 5) is 36.2. The number of nitrogens with zero attached hydrogens (tertiary/aromatic N) is 2. The number of carbonyl (C=O) groups excluding carboxylic acids is 2. The van der Waals surface area contributed by atoms with E-state index < -0.39 is 0 Å². The molecule has 3 heterocycles. The molecule has 0 saturated carbocycles. The fourth-order valence-electron chi connectivity index (χ4n) is 4.65. The molecule has 31 heavy (non-hydrogen) atoms. The summed E-state index contributed by atoms with van der Waals surface area (Å²) in [6.45, 7) is 3.74. The SMILES string of the molecule is C[C@H]1CN(C(=O)Cc2c[nH]c3ccccc23)CCN1C(=O)Cc1c[nH]c2ccccc12.